The number of likely N-dealkylation sites (tertiary alicyclic amines) is 1. The lowest BCUT2D eigenvalue weighted by Crippen LogP contribution is -2.46. The Morgan fingerprint density at radius 2 is 2.22 bits per heavy atom. The van der Waals surface area contributed by atoms with Gasteiger partial charge in [-0.25, -0.2) is 4.98 Å². The standard InChI is InChI=1S/C16H25N3O3S/c1-3-19(12(2)20)16-17-13(11-23-16)10-18-7-5-4-6-14(18)15-21-8-9-22-15/h11,14-15H,3-10H2,1-2H3/t14-/m1/s1. The highest BCUT2D eigenvalue weighted by molar-refractivity contribution is 7.14. The lowest BCUT2D eigenvalue weighted by atomic mass is 10.0. The maximum atomic E-state index is 11.6. The molecule has 2 aliphatic heterocycles. The molecule has 1 amide bonds. The Labute approximate surface area is 141 Å². The number of carbonyl (C=O) groups is 1. The highest BCUT2D eigenvalue weighted by atomic mass is 32.1. The second kappa shape index (κ2) is 7.70. The molecule has 23 heavy (non-hydrogen) atoms. The van der Waals surface area contributed by atoms with Gasteiger partial charge >= 0.3 is 0 Å². The normalized spacial score (nSPS) is 23.3. The van der Waals surface area contributed by atoms with Crippen molar-refractivity contribution in [1.29, 1.82) is 0 Å². The zero-order valence-electron chi connectivity index (χ0n) is 13.9. The fourth-order valence-electron chi connectivity index (χ4n) is 3.31. The Bertz CT molecular complexity index is 530. The van der Waals surface area contributed by atoms with Gasteiger partial charge in [-0.1, -0.05) is 6.42 Å². The van der Waals surface area contributed by atoms with Crippen molar-refractivity contribution in [1.82, 2.24) is 9.88 Å². The molecule has 1 aromatic rings. The minimum atomic E-state index is -0.0993. The summed E-state index contributed by atoms with van der Waals surface area (Å²) in [4.78, 5) is 20.4. The molecule has 2 fully saturated rings. The smallest absolute Gasteiger partial charge is 0.225 e. The molecule has 3 heterocycles. The molecule has 0 radical (unpaired) electrons. The molecule has 0 saturated carbocycles. The first kappa shape index (κ1) is 16.8. The van der Waals surface area contributed by atoms with Crippen molar-refractivity contribution in [2.24, 2.45) is 0 Å². The van der Waals surface area contributed by atoms with Gasteiger partial charge in [0.25, 0.3) is 0 Å². The van der Waals surface area contributed by atoms with Gasteiger partial charge in [0, 0.05) is 25.4 Å². The molecule has 3 rings (SSSR count). The number of nitrogens with zero attached hydrogens (tertiary/aromatic N) is 3. The van der Waals surface area contributed by atoms with Gasteiger partial charge in [-0.3, -0.25) is 14.6 Å². The van der Waals surface area contributed by atoms with Crippen LogP contribution in [0.1, 0.15) is 38.8 Å². The second-order valence-electron chi connectivity index (χ2n) is 6.03. The third-order valence-electron chi connectivity index (χ3n) is 4.46. The Kier molecular flexibility index (Phi) is 5.63. The number of carbonyl (C=O) groups excluding carboxylic acids is 1. The van der Waals surface area contributed by atoms with Crippen LogP contribution in [0.4, 0.5) is 5.13 Å². The molecule has 2 saturated heterocycles. The topological polar surface area (TPSA) is 54.9 Å². The molecule has 0 bridgehead atoms. The zero-order chi connectivity index (χ0) is 16.2. The summed E-state index contributed by atoms with van der Waals surface area (Å²) >= 11 is 1.54. The zero-order valence-corrected chi connectivity index (χ0v) is 14.7. The van der Waals surface area contributed by atoms with Crippen LogP contribution in [0.3, 0.4) is 0 Å². The van der Waals surface area contributed by atoms with E-state index in [1.54, 1.807) is 11.8 Å². The number of aromatic nitrogens is 1. The van der Waals surface area contributed by atoms with Gasteiger partial charge in [0.2, 0.25) is 5.91 Å². The van der Waals surface area contributed by atoms with Gasteiger partial charge in [0.1, 0.15) is 0 Å². The number of hydrogen-bond acceptors (Lipinski definition) is 6. The predicted octanol–water partition coefficient (Wildman–Crippen LogP) is 2.24. The Morgan fingerprint density at radius 3 is 2.91 bits per heavy atom. The van der Waals surface area contributed by atoms with E-state index in [-0.39, 0.29) is 12.2 Å². The first-order valence-corrected chi connectivity index (χ1v) is 9.26. The van der Waals surface area contributed by atoms with E-state index in [1.165, 1.54) is 24.2 Å². The summed E-state index contributed by atoms with van der Waals surface area (Å²) in [5.41, 5.74) is 1.02. The fourth-order valence-corrected chi connectivity index (χ4v) is 4.24. The summed E-state index contributed by atoms with van der Waals surface area (Å²) in [5.74, 6) is 0.0389. The van der Waals surface area contributed by atoms with Gasteiger partial charge in [-0.15, -0.1) is 11.3 Å². The first-order chi connectivity index (χ1) is 11.2. The van der Waals surface area contributed by atoms with Crippen LogP contribution in [0.25, 0.3) is 0 Å². The van der Waals surface area contributed by atoms with Crippen molar-refractivity contribution >= 4 is 22.4 Å². The van der Waals surface area contributed by atoms with E-state index in [0.717, 1.165) is 30.3 Å². The van der Waals surface area contributed by atoms with E-state index in [2.05, 4.69) is 15.3 Å². The number of ether oxygens (including phenoxy) is 2. The average molecular weight is 339 g/mol. The summed E-state index contributed by atoms with van der Waals surface area (Å²) in [7, 11) is 0. The summed E-state index contributed by atoms with van der Waals surface area (Å²) < 4.78 is 11.4. The van der Waals surface area contributed by atoms with E-state index in [0.29, 0.717) is 25.8 Å². The molecule has 0 unspecified atom stereocenters. The number of rotatable bonds is 5. The average Bonchev–Trinajstić information content (AvgIpc) is 3.20. The highest BCUT2D eigenvalue weighted by Crippen LogP contribution is 2.27. The molecule has 2 aliphatic rings. The SMILES string of the molecule is CCN(C(C)=O)c1nc(CN2CCCC[C@@H]2C2OCCO2)cs1. The van der Waals surface area contributed by atoms with Crippen LogP contribution < -0.4 is 4.90 Å². The van der Waals surface area contributed by atoms with Crippen molar-refractivity contribution in [3.05, 3.63) is 11.1 Å². The molecular weight excluding hydrogens is 314 g/mol. The Morgan fingerprint density at radius 1 is 1.43 bits per heavy atom. The number of anilines is 1. The molecule has 0 spiro atoms. The van der Waals surface area contributed by atoms with Gasteiger partial charge in [-0.2, -0.15) is 0 Å². The van der Waals surface area contributed by atoms with Crippen molar-refractivity contribution in [3.8, 4) is 0 Å². The number of thiazole rings is 1. The fraction of sp³-hybridized carbons (Fsp3) is 0.750. The number of piperidine rings is 1. The molecule has 1 aromatic heterocycles. The Hall–Kier alpha value is -1.02. The van der Waals surface area contributed by atoms with Crippen LogP contribution >= 0.6 is 11.3 Å². The van der Waals surface area contributed by atoms with Crippen molar-refractivity contribution in [2.45, 2.75) is 52.0 Å². The molecule has 1 atom stereocenters. The molecule has 128 valence electrons. The number of amides is 1. The summed E-state index contributed by atoms with van der Waals surface area (Å²) in [5, 5.41) is 2.85. The lowest BCUT2D eigenvalue weighted by Gasteiger charge is -2.37. The van der Waals surface area contributed by atoms with Crippen LogP contribution in [0, 0.1) is 0 Å². The van der Waals surface area contributed by atoms with Crippen LogP contribution in [0.15, 0.2) is 5.38 Å². The molecule has 0 aromatic carbocycles. The predicted molar refractivity (Wildman–Crippen MR) is 89.6 cm³/mol. The van der Waals surface area contributed by atoms with E-state index < -0.39 is 0 Å². The third-order valence-corrected chi connectivity index (χ3v) is 5.37. The van der Waals surface area contributed by atoms with Crippen LogP contribution in [-0.4, -0.2) is 54.4 Å². The minimum Gasteiger partial charge on any atom is -0.349 e. The van der Waals surface area contributed by atoms with Gasteiger partial charge in [-0.05, 0) is 26.3 Å². The second-order valence-corrected chi connectivity index (χ2v) is 6.86. The summed E-state index contributed by atoms with van der Waals surface area (Å²) in [6, 6.07) is 0.312. The molecule has 0 N–H and O–H groups in total. The monoisotopic (exact) mass is 339 g/mol. The van der Waals surface area contributed by atoms with Gasteiger partial charge < -0.3 is 9.47 Å². The first-order valence-electron chi connectivity index (χ1n) is 8.38. The molecular formula is C16H25N3O3S. The van der Waals surface area contributed by atoms with Gasteiger partial charge in [0.15, 0.2) is 11.4 Å². The molecule has 7 heteroatoms. The maximum absolute atomic E-state index is 11.6. The largest absolute Gasteiger partial charge is 0.349 e. The quantitative estimate of drug-likeness (QED) is 0.823. The maximum Gasteiger partial charge on any atom is 0.225 e. The highest BCUT2D eigenvalue weighted by Gasteiger charge is 2.34. The van der Waals surface area contributed by atoms with E-state index in [1.807, 2.05) is 6.92 Å². The lowest BCUT2D eigenvalue weighted by molar-refractivity contribution is -0.116. The van der Waals surface area contributed by atoms with Crippen LogP contribution in [-0.2, 0) is 20.8 Å². The number of hydrogen-bond donors (Lipinski definition) is 0. The van der Waals surface area contributed by atoms with Crippen molar-refractivity contribution in [3.63, 3.8) is 0 Å². The molecule has 6 nitrogen and oxygen atoms in total. The summed E-state index contributed by atoms with van der Waals surface area (Å²) in [6.07, 6.45) is 3.43. The van der Waals surface area contributed by atoms with Crippen LogP contribution in [0.5, 0.6) is 0 Å². The van der Waals surface area contributed by atoms with E-state index in [9.17, 15) is 4.79 Å². The van der Waals surface area contributed by atoms with Gasteiger partial charge in [0.05, 0.1) is 24.9 Å². The van der Waals surface area contributed by atoms with Crippen molar-refractivity contribution in [2.75, 3.05) is 31.2 Å². The molecule has 0 aliphatic carbocycles. The van der Waals surface area contributed by atoms with Crippen molar-refractivity contribution < 1.29 is 14.3 Å². The minimum absolute atomic E-state index is 0.0389. The summed E-state index contributed by atoms with van der Waals surface area (Å²) in [6.45, 7) is 7.43. The Balaban J connectivity index is 1.67. The third kappa shape index (κ3) is 3.91. The van der Waals surface area contributed by atoms with E-state index >= 15 is 0 Å². The van der Waals surface area contributed by atoms with Crippen LogP contribution in [0.2, 0.25) is 0 Å². The van der Waals surface area contributed by atoms with E-state index in [4.69, 9.17) is 9.47 Å².